The fourth-order valence-corrected chi connectivity index (χ4v) is 2.99. The molecule has 14 heteroatoms. The third kappa shape index (κ3) is 31.7. The van der Waals surface area contributed by atoms with Crippen molar-refractivity contribution in [3.05, 3.63) is 122 Å². The molecule has 0 aliphatic heterocycles. The van der Waals surface area contributed by atoms with Crippen LogP contribution in [0.5, 0.6) is 0 Å². The Kier molecular flexibility index (Phi) is 22.1. The normalized spacial score (nSPS) is 9.24. The van der Waals surface area contributed by atoms with Gasteiger partial charge in [0.2, 0.25) is 0 Å². The van der Waals surface area contributed by atoms with E-state index in [-0.39, 0.29) is 22.4 Å². The maximum atomic E-state index is 9.38. The summed E-state index contributed by atoms with van der Waals surface area (Å²) in [4.78, 5) is 15.1. The quantitative estimate of drug-likeness (QED) is 0.290. The Morgan fingerprint density at radius 3 is 0.618 bits per heavy atom. The van der Waals surface area contributed by atoms with Crippen LogP contribution in [-0.4, -0.2) is 19.9 Å². The maximum absolute atomic E-state index is 9.38. The predicted octanol–water partition coefficient (Wildman–Crippen LogP) is 1.40. The van der Waals surface area contributed by atoms with Gasteiger partial charge in [0.25, 0.3) is 0 Å². The number of aromatic nitrogens is 4. The van der Waals surface area contributed by atoms with Gasteiger partial charge in [-0.15, -0.1) is 0 Å². The fraction of sp³-hybridized carbons (Fsp3) is 0. The summed E-state index contributed by atoms with van der Waals surface area (Å²) in [5.74, 6) is 0. The minimum Gasteiger partial charge on any atom is -0.265 e. The van der Waals surface area contributed by atoms with E-state index in [0.717, 1.165) is 0 Å². The van der Waals surface area contributed by atoms with Gasteiger partial charge in [0.15, 0.2) is 0 Å². The van der Waals surface area contributed by atoms with E-state index in [4.69, 9.17) is 0 Å². The van der Waals surface area contributed by atoms with Crippen LogP contribution in [0.25, 0.3) is 0 Å². The molecule has 187 valence electrons. The SMILES string of the molecule is [Ag].[O]=[Cr](=[O])([O-])[O][Cr](=[O])(=[O])[O-].c1ccncc1.c1ccncc1.c1ccncc1.c1ccncc1. The molecule has 0 aliphatic carbocycles. The molecule has 0 bridgehead atoms. The smallest absolute Gasteiger partial charge is 0.0267 e. The Balaban J connectivity index is 0. The molecule has 4 aromatic heterocycles. The van der Waals surface area contributed by atoms with Crippen molar-refractivity contribution in [3.8, 4) is 0 Å². The second-order valence-electron chi connectivity index (χ2n) is 4.98. The van der Waals surface area contributed by atoms with Crippen molar-refractivity contribution in [1.82, 2.24) is 19.9 Å². The van der Waals surface area contributed by atoms with Gasteiger partial charge >= 0.3 is 53.6 Å². The molecule has 0 amide bonds. The van der Waals surface area contributed by atoms with Crippen LogP contribution in [0.2, 0.25) is 0 Å². The first-order valence-corrected chi connectivity index (χ1v) is 12.9. The van der Waals surface area contributed by atoms with Crippen molar-refractivity contribution < 1.29 is 76.0 Å². The van der Waals surface area contributed by atoms with Gasteiger partial charge in [0.1, 0.15) is 0 Å². The summed E-state index contributed by atoms with van der Waals surface area (Å²) in [6.07, 6.45) is 14.0. The Hall–Kier alpha value is -2.51. The molecule has 0 aliphatic rings. The third-order valence-corrected chi connectivity index (χ3v) is 5.10. The molecule has 34 heavy (non-hydrogen) atoms. The summed E-state index contributed by atoms with van der Waals surface area (Å²) in [6, 6.07) is 22.9. The molecule has 4 rings (SSSR count). The van der Waals surface area contributed by atoms with Gasteiger partial charge in [-0.05, 0) is 48.5 Å². The van der Waals surface area contributed by atoms with Crippen molar-refractivity contribution in [2.45, 2.75) is 0 Å². The summed E-state index contributed by atoms with van der Waals surface area (Å²) < 4.78 is 58.9. The van der Waals surface area contributed by atoms with Crippen LogP contribution in [-0.2, 0) is 67.7 Å². The van der Waals surface area contributed by atoms with Gasteiger partial charge in [-0.3, -0.25) is 19.9 Å². The molecule has 0 unspecified atom stereocenters. The fourth-order valence-electron chi connectivity index (χ4n) is 1.35. The van der Waals surface area contributed by atoms with Crippen molar-refractivity contribution in [1.29, 1.82) is 0 Å². The van der Waals surface area contributed by atoms with Crippen LogP contribution in [0, 0.1) is 0 Å². The summed E-state index contributed by atoms with van der Waals surface area (Å²) in [6.45, 7) is 0. The zero-order valence-corrected chi connectivity index (χ0v) is 21.3. The summed E-state index contributed by atoms with van der Waals surface area (Å²) in [5, 5.41) is 0. The molecule has 1 radical (unpaired) electrons. The largest absolute Gasteiger partial charge is 0.265 e. The number of nitrogens with zero attached hydrogens (tertiary/aromatic N) is 4. The van der Waals surface area contributed by atoms with Crippen molar-refractivity contribution >= 4 is 0 Å². The van der Waals surface area contributed by atoms with Crippen LogP contribution in [0.4, 0.5) is 0 Å². The van der Waals surface area contributed by atoms with E-state index in [9.17, 15) is 23.5 Å². The molecule has 0 fully saturated rings. The number of hydrogen-bond acceptors (Lipinski definition) is 11. The number of pyridine rings is 4. The van der Waals surface area contributed by atoms with E-state index in [1.807, 2.05) is 72.8 Å². The van der Waals surface area contributed by atoms with Gasteiger partial charge in [0.05, 0.1) is 0 Å². The van der Waals surface area contributed by atoms with E-state index in [2.05, 4.69) is 22.8 Å². The third-order valence-electron chi connectivity index (χ3n) is 2.43. The average Bonchev–Trinajstić information content (AvgIpc) is 2.83. The first-order valence-electron chi connectivity index (χ1n) is 8.73. The summed E-state index contributed by atoms with van der Waals surface area (Å²) in [7, 11) is 0. The van der Waals surface area contributed by atoms with Crippen molar-refractivity contribution in [2.75, 3.05) is 0 Å². The topological polar surface area (TPSA) is 175 Å². The molecule has 0 saturated carbocycles. The second kappa shape index (κ2) is 22.3. The van der Waals surface area contributed by atoms with E-state index >= 15 is 0 Å². The monoisotopic (exact) mass is 639 g/mol. The summed E-state index contributed by atoms with van der Waals surface area (Å²) in [5.41, 5.74) is 0. The zero-order valence-electron chi connectivity index (χ0n) is 17.3. The molecule has 4 aromatic rings. The van der Waals surface area contributed by atoms with Gasteiger partial charge in [-0.2, -0.15) is 0 Å². The number of hydrogen-bond donors (Lipinski definition) is 0. The standard InChI is InChI=1S/4C5H5N.Ag.2Cr.7O/c4*1-2-4-6-5-3-1;;;;;;;;;;/h4*1-5H;;;;;;;;;;/q;;;;;;;;;;;;2*-1. The number of rotatable bonds is 2. The minimum absolute atomic E-state index is 0. The Morgan fingerprint density at radius 2 is 0.588 bits per heavy atom. The molecule has 11 nitrogen and oxygen atoms in total. The first-order chi connectivity index (χ1) is 15.7. The van der Waals surface area contributed by atoms with Crippen LogP contribution in [0.15, 0.2) is 122 Å². The zero-order chi connectivity index (χ0) is 24.7. The summed E-state index contributed by atoms with van der Waals surface area (Å²) >= 11 is -12.1. The van der Waals surface area contributed by atoms with E-state index < -0.39 is 27.2 Å². The van der Waals surface area contributed by atoms with Crippen molar-refractivity contribution in [2.24, 2.45) is 0 Å². The predicted molar refractivity (Wildman–Crippen MR) is 101 cm³/mol. The van der Waals surface area contributed by atoms with E-state index in [1.54, 1.807) is 49.6 Å². The molecular weight excluding hydrogens is 620 g/mol. The Morgan fingerprint density at radius 1 is 0.412 bits per heavy atom. The van der Waals surface area contributed by atoms with Gasteiger partial charge < -0.3 is 0 Å². The Labute approximate surface area is 217 Å². The van der Waals surface area contributed by atoms with Crippen molar-refractivity contribution in [3.63, 3.8) is 0 Å². The second-order valence-corrected chi connectivity index (χ2v) is 8.62. The van der Waals surface area contributed by atoms with Crippen LogP contribution in [0.1, 0.15) is 0 Å². The van der Waals surface area contributed by atoms with Gasteiger partial charge in [-0.1, -0.05) is 24.3 Å². The van der Waals surface area contributed by atoms with E-state index in [0.29, 0.717) is 0 Å². The van der Waals surface area contributed by atoms with Crippen LogP contribution < -0.4 is 8.32 Å². The van der Waals surface area contributed by atoms with Gasteiger partial charge in [0, 0.05) is 72.0 Å². The Bertz CT molecular complexity index is 868. The van der Waals surface area contributed by atoms with E-state index in [1.165, 1.54) is 0 Å². The van der Waals surface area contributed by atoms with Crippen LogP contribution in [0.3, 0.4) is 0 Å². The first kappa shape index (κ1) is 33.7. The van der Waals surface area contributed by atoms with Crippen LogP contribution >= 0.6 is 0 Å². The van der Waals surface area contributed by atoms with Gasteiger partial charge in [-0.25, -0.2) is 0 Å². The molecule has 0 aromatic carbocycles. The average molecular weight is 640 g/mol. The molecule has 0 spiro atoms. The minimum atomic E-state index is -6.07. The molecule has 4 heterocycles. The molecular formula is C20H20AgCr2N4O7-2. The molecule has 0 saturated heterocycles. The maximum Gasteiger partial charge on any atom is 0.0267 e. The molecule has 0 N–H and O–H groups in total. The molecule has 0 atom stereocenters.